The van der Waals surface area contributed by atoms with E-state index in [4.69, 9.17) is 4.74 Å². The number of fused-ring (bicyclic) bond motifs is 2. The minimum atomic E-state index is -0.405. The highest BCUT2D eigenvalue weighted by Gasteiger charge is 2.52. The predicted molar refractivity (Wildman–Crippen MR) is 69.2 cm³/mol. The first kappa shape index (κ1) is 12.2. The second-order valence-corrected chi connectivity index (χ2v) is 5.67. The van der Waals surface area contributed by atoms with E-state index in [2.05, 4.69) is 12.6 Å². The molecule has 3 aliphatic heterocycles. The van der Waals surface area contributed by atoms with E-state index in [1.54, 1.807) is 0 Å². The highest BCUT2D eigenvalue weighted by molar-refractivity contribution is 7.96. The summed E-state index contributed by atoms with van der Waals surface area (Å²) in [4.78, 5) is 26.0. The number of carbonyl (C=O) groups excluding carboxylic acids is 2. The van der Waals surface area contributed by atoms with Gasteiger partial charge in [0.05, 0.1) is 24.0 Å². The number of ether oxygens (including phenoxy) is 1. The van der Waals surface area contributed by atoms with Crippen molar-refractivity contribution >= 4 is 23.7 Å². The fourth-order valence-corrected chi connectivity index (χ4v) is 3.53. The van der Waals surface area contributed by atoms with Gasteiger partial charge in [-0.15, -0.1) is 12.6 Å². The van der Waals surface area contributed by atoms with Crippen LogP contribution in [0.25, 0.3) is 0 Å². The van der Waals surface area contributed by atoms with Crippen molar-refractivity contribution in [3.63, 3.8) is 0 Å². The van der Waals surface area contributed by atoms with Gasteiger partial charge in [-0.3, -0.25) is 9.59 Å². The Morgan fingerprint density at radius 2 is 1.67 bits per heavy atom. The van der Waals surface area contributed by atoms with Gasteiger partial charge in [-0.25, -0.2) is 0 Å². The first-order valence-electron chi connectivity index (χ1n) is 6.54. The van der Waals surface area contributed by atoms with Crippen molar-refractivity contribution in [1.29, 1.82) is 0 Å². The Balaban J connectivity index is 1.79. The lowest BCUT2D eigenvalue weighted by molar-refractivity contribution is -0.140. The molecule has 18 heavy (non-hydrogen) atoms. The number of hydrogen-bond donors (Lipinski definition) is 1. The molecule has 0 aliphatic carbocycles. The van der Waals surface area contributed by atoms with Crippen molar-refractivity contribution in [3.8, 4) is 0 Å². The standard InChI is InChI=1S/C13H17NO3S/c15-12(14-6-2-1-3-7-14)10-8-4-5-9(17-8)11(10)13(16)18/h4-5,8-11H,1-3,6-7H2,(H,16,18)/t8-,9+,10?,11?/m0/s1. The zero-order chi connectivity index (χ0) is 12.7. The van der Waals surface area contributed by atoms with Gasteiger partial charge < -0.3 is 9.64 Å². The molecular weight excluding hydrogens is 250 g/mol. The van der Waals surface area contributed by atoms with Crippen LogP contribution in [0.2, 0.25) is 0 Å². The Hall–Kier alpha value is -0.810. The van der Waals surface area contributed by atoms with E-state index in [-0.39, 0.29) is 29.1 Å². The average molecular weight is 267 g/mol. The van der Waals surface area contributed by atoms with Gasteiger partial charge in [0.25, 0.3) is 0 Å². The van der Waals surface area contributed by atoms with E-state index in [9.17, 15) is 9.59 Å². The third-order valence-electron chi connectivity index (χ3n) is 4.14. The summed E-state index contributed by atoms with van der Waals surface area (Å²) in [5.41, 5.74) is 0. The summed E-state index contributed by atoms with van der Waals surface area (Å²) < 4.78 is 5.64. The Kier molecular flexibility index (Phi) is 3.20. The molecule has 98 valence electrons. The third kappa shape index (κ3) is 1.89. The number of rotatable bonds is 2. The van der Waals surface area contributed by atoms with Crippen LogP contribution in [-0.4, -0.2) is 41.2 Å². The first-order chi connectivity index (χ1) is 8.68. The van der Waals surface area contributed by atoms with Crippen LogP contribution in [0.15, 0.2) is 12.2 Å². The van der Waals surface area contributed by atoms with Crippen LogP contribution in [0.4, 0.5) is 0 Å². The number of likely N-dealkylation sites (tertiary alicyclic amines) is 1. The number of carbonyl (C=O) groups is 2. The zero-order valence-corrected chi connectivity index (χ0v) is 11.0. The van der Waals surface area contributed by atoms with Crippen LogP contribution in [-0.2, 0) is 14.3 Å². The fourth-order valence-electron chi connectivity index (χ4n) is 3.22. The molecule has 2 fully saturated rings. The summed E-state index contributed by atoms with van der Waals surface area (Å²) in [6.07, 6.45) is 6.61. The van der Waals surface area contributed by atoms with Crippen LogP contribution in [0.3, 0.4) is 0 Å². The van der Waals surface area contributed by atoms with Gasteiger partial charge in [0.1, 0.15) is 0 Å². The van der Waals surface area contributed by atoms with Gasteiger partial charge in [0.15, 0.2) is 5.12 Å². The van der Waals surface area contributed by atoms with Gasteiger partial charge in [0, 0.05) is 13.1 Å². The normalized spacial score (nSPS) is 38.2. The maximum absolute atomic E-state index is 12.5. The van der Waals surface area contributed by atoms with Crippen molar-refractivity contribution in [2.75, 3.05) is 13.1 Å². The highest BCUT2D eigenvalue weighted by Crippen LogP contribution is 2.41. The Morgan fingerprint density at radius 1 is 1.06 bits per heavy atom. The number of thiol groups is 1. The average Bonchev–Trinajstić information content (AvgIpc) is 2.99. The van der Waals surface area contributed by atoms with Crippen molar-refractivity contribution in [2.45, 2.75) is 31.5 Å². The molecule has 2 saturated heterocycles. The number of amides is 1. The molecule has 0 N–H and O–H groups in total. The molecule has 5 heteroatoms. The van der Waals surface area contributed by atoms with Crippen LogP contribution in [0.5, 0.6) is 0 Å². The topological polar surface area (TPSA) is 46.6 Å². The minimum absolute atomic E-state index is 0.0685. The molecule has 0 spiro atoms. The maximum atomic E-state index is 12.5. The van der Waals surface area contributed by atoms with E-state index < -0.39 is 5.92 Å². The highest BCUT2D eigenvalue weighted by atomic mass is 32.1. The van der Waals surface area contributed by atoms with Crippen molar-refractivity contribution in [2.24, 2.45) is 11.8 Å². The van der Waals surface area contributed by atoms with Gasteiger partial charge in [-0.2, -0.15) is 0 Å². The lowest BCUT2D eigenvalue weighted by Gasteiger charge is -2.32. The van der Waals surface area contributed by atoms with Gasteiger partial charge in [-0.05, 0) is 19.3 Å². The summed E-state index contributed by atoms with van der Waals surface area (Å²) >= 11 is 3.92. The molecule has 0 aromatic rings. The maximum Gasteiger partial charge on any atom is 0.229 e. The Morgan fingerprint density at radius 3 is 2.28 bits per heavy atom. The monoisotopic (exact) mass is 267 g/mol. The molecule has 2 unspecified atom stereocenters. The molecule has 3 rings (SSSR count). The molecule has 0 aromatic carbocycles. The Bertz CT molecular complexity index is 403. The van der Waals surface area contributed by atoms with Crippen molar-refractivity contribution < 1.29 is 14.3 Å². The molecule has 3 aliphatic rings. The molecular formula is C13H17NO3S. The number of nitrogens with zero attached hydrogens (tertiary/aromatic N) is 1. The quantitative estimate of drug-likeness (QED) is 0.600. The van der Waals surface area contributed by atoms with E-state index in [1.165, 1.54) is 6.42 Å². The molecule has 0 aromatic heterocycles. The van der Waals surface area contributed by atoms with Gasteiger partial charge >= 0.3 is 0 Å². The Labute approximate surface area is 112 Å². The molecule has 4 nitrogen and oxygen atoms in total. The summed E-state index contributed by atoms with van der Waals surface area (Å²) in [6, 6.07) is 0. The van der Waals surface area contributed by atoms with Gasteiger partial charge in [-0.1, -0.05) is 12.2 Å². The third-order valence-corrected chi connectivity index (χ3v) is 4.44. The SMILES string of the molecule is O=C(S)C1C(C(=O)N2CCCCC2)[C@@H]2C=C[C@H]1O2. The second-order valence-electron chi connectivity index (χ2n) is 5.23. The molecule has 4 atom stereocenters. The zero-order valence-electron chi connectivity index (χ0n) is 10.1. The van der Waals surface area contributed by atoms with E-state index in [1.807, 2.05) is 17.1 Å². The van der Waals surface area contributed by atoms with E-state index in [0.29, 0.717) is 0 Å². The van der Waals surface area contributed by atoms with Crippen LogP contribution >= 0.6 is 12.6 Å². The van der Waals surface area contributed by atoms with Crippen LogP contribution in [0, 0.1) is 11.8 Å². The van der Waals surface area contributed by atoms with Crippen molar-refractivity contribution in [1.82, 2.24) is 4.90 Å². The lowest BCUT2D eigenvalue weighted by Crippen LogP contribution is -2.46. The second kappa shape index (κ2) is 4.70. The molecule has 0 saturated carbocycles. The smallest absolute Gasteiger partial charge is 0.229 e. The summed E-state index contributed by atoms with van der Waals surface area (Å²) in [6.45, 7) is 1.62. The van der Waals surface area contributed by atoms with E-state index in [0.717, 1.165) is 25.9 Å². The minimum Gasteiger partial charge on any atom is -0.365 e. The molecule has 3 heterocycles. The van der Waals surface area contributed by atoms with Gasteiger partial charge in [0.2, 0.25) is 5.91 Å². The molecule has 0 radical (unpaired) electrons. The van der Waals surface area contributed by atoms with E-state index >= 15 is 0 Å². The lowest BCUT2D eigenvalue weighted by atomic mass is 9.82. The summed E-state index contributed by atoms with van der Waals surface area (Å²) in [5, 5.41) is -0.234. The largest absolute Gasteiger partial charge is 0.365 e. The first-order valence-corrected chi connectivity index (χ1v) is 6.98. The summed E-state index contributed by atoms with van der Waals surface area (Å²) in [5.74, 6) is -0.695. The predicted octanol–water partition coefficient (Wildman–Crippen LogP) is 1.02. The summed E-state index contributed by atoms with van der Waals surface area (Å²) in [7, 11) is 0. The van der Waals surface area contributed by atoms with Crippen LogP contribution < -0.4 is 0 Å². The number of piperidine rings is 1. The molecule has 2 bridgehead atoms. The molecule has 1 amide bonds. The fraction of sp³-hybridized carbons (Fsp3) is 0.692. The van der Waals surface area contributed by atoms with Crippen molar-refractivity contribution in [3.05, 3.63) is 12.2 Å². The number of hydrogen-bond acceptors (Lipinski definition) is 3. The van der Waals surface area contributed by atoms with Crippen LogP contribution in [0.1, 0.15) is 19.3 Å².